The second kappa shape index (κ2) is 5.43. The Kier molecular flexibility index (Phi) is 3.70. The van der Waals surface area contributed by atoms with E-state index in [0.29, 0.717) is 11.6 Å². The molecule has 2 aromatic rings. The van der Waals surface area contributed by atoms with Crippen molar-refractivity contribution >= 4 is 11.7 Å². The van der Waals surface area contributed by atoms with Crippen LogP contribution in [0.5, 0.6) is 0 Å². The Hall–Kier alpha value is -2.50. The maximum absolute atomic E-state index is 13.4. The molecule has 0 saturated heterocycles. The number of pyridine rings is 1. The van der Waals surface area contributed by atoms with Crippen molar-refractivity contribution < 1.29 is 18.3 Å². The molecule has 2 N–H and O–H groups in total. The van der Waals surface area contributed by atoms with Crippen molar-refractivity contribution in [3.05, 3.63) is 59.4 Å². The highest BCUT2D eigenvalue weighted by Crippen LogP contribution is 2.17. The molecule has 1 heterocycles. The van der Waals surface area contributed by atoms with Crippen LogP contribution in [0.4, 0.5) is 14.5 Å². The van der Waals surface area contributed by atoms with E-state index in [1.165, 1.54) is 0 Å². The van der Waals surface area contributed by atoms with Crippen molar-refractivity contribution in [2.24, 2.45) is 0 Å². The first-order valence-electron chi connectivity index (χ1n) is 5.38. The summed E-state index contributed by atoms with van der Waals surface area (Å²) in [6.07, 6.45) is 3.08. The molecule has 19 heavy (non-hydrogen) atoms. The monoisotopic (exact) mass is 264 g/mol. The number of halogens is 2. The summed E-state index contributed by atoms with van der Waals surface area (Å²) in [6.45, 7) is -0.0297. The van der Waals surface area contributed by atoms with Gasteiger partial charge in [0.25, 0.3) is 0 Å². The van der Waals surface area contributed by atoms with E-state index < -0.39 is 23.2 Å². The molecule has 0 fully saturated rings. The zero-order valence-electron chi connectivity index (χ0n) is 9.77. The van der Waals surface area contributed by atoms with Crippen molar-refractivity contribution in [2.75, 3.05) is 5.73 Å². The quantitative estimate of drug-likeness (QED) is 0.682. The summed E-state index contributed by atoms with van der Waals surface area (Å²) >= 11 is 0. The molecule has 0 aliphatic carbocycles. The number of carbonyl (C=O) groups excluding carboxylic acids is 1. The van der Waals surface area contributed by atoms with Crippen LogP contribution in [0, 0.1) is 11.6 Å². The van der Waals surface area contributed by atoms with Gasteiger partial charge in [-0.25, -0.2) is 13.6 Å². The van der Waals surface area contributed by atoms with Crippen LogP contribution in [0.1, 0.15) is 15.9 Å². The van der Waals surface area contributed by atoms with Crippen molar-refractivity contribution in [1.29, 1.82) is 0 Å². The van der Waals surface area contributed by atoms with Gasteiger partial charge in [0.1, 0.15) is 18.2 Å². The molecule has 4 nitrogen and oxygen atoms in total. The van der Waals surface area contributed by atoms with Crippen molar-refractivity contribution in [2.45, 2.75) is 6.61 Å². The third kappa shape index (κ3) is 3.04. The highest BCUT2D eigenvalue weighted by Gasteiger charge is 2.16. The van der Waals surface area contributed by atoms with Crippen LogP contribution >= 0.6 is 0 Å². The molecule has 0 aliphatic rings. The van der Waals surface area contributed by atoms with Crippen molar-refractivity contribution in [3.63, 3.8) is 0 Å². The number of nitrogens with two attached hydrogens (primary N) is 1. The molecule has 98 valence electrons. The van der Waals surface area contributed by atoms with Gasteiger partial charge in [0.05, 0.1) is 11.3 Å². The fraction of sp³-hybridized carbons (Fsp3) is 0.0769. The largest absolute Gasteiger partial charge is 0.457 e. The first kappa shape index (κ1) is 12.9. The smallest absolute Gasteiger partial charge is 0.341 e. The number of esters is 1. The van der Waals surface area contributed by atoms with E-state index in [2.05, 4.69) is 4.98 Å². The number of hydrogen-bond acceptors (Lipinski definition) is 4. The third-order valence-corrected chi connectivity index (χ3v) is 2.43. The van der Waals surface area contributed by atoms with Gasteiger partial charge < -0.3 is 10.5 Å². The predicted octanol–water partition coefficient (Wildman–Crippen LogP) is 2.30. The molecule has 2 rings (SSSR count). The Morgan fingerprint density at radius 1 is 1.21 bits per heavy atom. The average molecular weight is 264 g/mol. The second-order valence-corrected chi connectivity index (χ2v) is 3.79. The van der Waals surface area contributed by atoms with Gasteiger partial charge in [-0.2, -0.15) is 0 Å². The molecule has 0 saturated carbocycles. The summed E-state index contributed by atoms with van der Waals surface area (Å²) in [5.41, 5.74) is 5.28. The topological polar surface area (TPSA) is 65.2 Å². The van der Waals surface area contributed by atoms with E-state index in [1.54, 1.807) is 24.5 Å². The normalized spacial score (nSPS) is 10.2. The van der Waals surface area contributed by atoms with E-state index in [-0.39, 0.29) is 12.3 Å². The summed E-state index contributed by atoms with van der Waals surface area (Å²) in [7, 11) is 0. The van der Waals surface area contributed by atoms with Crippen LogP contribution in [0.3, 0.4) is 0 Å². The van der Waals surface area contributed by atoms with E-state index in [0.717, 1.165) is 6.07 Å². The first-order chi connectivity index (χ1) is 9.08. The molecule has 0 bridgehead atoms. The van der Waals surface area contributed by atoms with Crippen molar-refractivity contribution in [3.8, 4) is 0 Å². The Labute approximate surface area is 107 Å². The maximum Gasteiger partial charge on any atom is 0.341 e. The van der Waals surface area contributed by atoms with Gasteiger partial charge in [0, 0.05) is 18.5 Å². The summed E-state index contributed by atoms with van der Waals surface area (Å²) in [4.78, 5) is 15.5. The molecule has 6 heteroatoms. The number of carbonyl (C=O) groups is 1. The standard InChI is InChI=1S/C13H10F2N2O2/c14-10-6-11(15)12(16)5-9(10)13(18)19-7-8-1-3-17-4-2-8/h1-6H,7,16H2. The van der Waals surface area contributed by atoms with Gasteiger partial charge in [-0.15, -0.1) is 0 Å². The van der Waals surface area contributed by atoms with Crippen LogP contribution in [-0.2, 0) is 11.3 Å². The molecule has 0 radical (unpaired) electrons. The fourth-order valence-corrected chi connectivity index (χ4v) is 1.43. The van der Waals surface area contributed by atoms with Crippen molar-refractivity contribution in [1.82, 2.24) is 4.98 Å². The Bertz CT molecular complexity index is 603. The number of nitrogen functional groups attached to an aromatic ring is 1. The summed E-state index contributed by atoms with van der Waals surface area (Å²) in [5, 5.41) is 0. The average Bonchev–Trinajstić information content (AvgIpc) is 2.41. The van der Waals surface area contributed by atoms with Gasteiger partial charge in [-0.05, 0) is 23.8 Å². The lowest BCUT2D eigenvalue weighted by molar-refractivity contribution is 0.0467. The maximum atomic E-state index is 13.4. The number of anilines is 1. The Morgan fingerprint density at radius 3 is 2.58 bits per heavy atom. The molecule has 1 aromatic carbocycles. The molecule has 0 atom stereocenters. The Balaban J connectivity index is 2.10. The minimum Gasteiger partial charge on any atom is -0.457 e. The lowest BCUT2D eigenvalue weighted by Gasteiger charge is -2.07. The van der Waals surface area contributed by atoms with Crippen LogP contribution in [-0.4, -0.2) is 11.0 Å². The lowest BCUT2D eigenvalue weighted by atomic mass is 10.2. The van der Waals surface area contributed by atoms with Gasteiger partial charge in [-0.1, -0.05) is 0 Å². The molecular weight excluding hydrogens is 254 g/mol. The highest BCUT2D eigenvalue weighted by molar-refractivity contribution is 5.90. The van der Waals surface area contributed by atoms with E-state index in [9.17, 15) is 13.6 Å². The predicted molar refractivity (Wildman–Crippen MR) is 64.1 cm³/mol. The molecule has 0 amide bonds. The SMILES string of the molecule is Nc1cc(C(=O)OCc2ccncc2)c(F)cc1F. The number of benzene rings is 1. The summed E-state index contributed by atoms with van der Waals surface area (Å²) in [5.74, 6) is -2.82. The Morgan fingerprint density at radius 2 is 1.89 bits per heavy atom. The van der Waals surface area contributed by atoms with Gasteiger partial charge >= 0.3 is 5.97 Å². The number of ether oxygens (including phenoxy) is 1. The zero-order valence-corrected chi connectivity index (χ0v) is 9.77. The zero-order chi connectivity index (χ0) is 13.8. The van der Waals surface area contributed by atoms with Crippen LogP contribution < -0.4 is 5.73 Å². The summed E-state index contributed by atoms with van der Waals surface area (Å²) in [6, 6.07) is 4.78. The molecular formula is C13H10F2N2O2. The number of aromatic nitrogens is 1. The van der Waals surface area contributed by atoms with Crippen LogP contribution in [0.25, 0.3) is 0 Å². The molecule has 0 unspecified atom stereocenters. The minimum atomic E-state index is -1.01. The number of hydrogen-bond donors (Lipinski definition) is 1. The molecule has 1 aromatic heterocycles. The number of nitrogens with zero attached hydrogens (tertiary/aromatic N) is 1. The van der Waals surface area contributed by atoms with Gasteiger partial charge in [0.15, 0.2) is 0 Å². The third-order valence-electron chi connectivity index (χ3n) is 2.43. The lowest BCUT2D eigenvalue weighted by Crippen LogP contribution is -2.09. The second-order valence-electron chi connectivity index (χ2n) is 3.79. The molecule has 0 aliphatic heterocycles. The van der Waals surface area contributed by atoms with Gasteiger partial charge in [-0.3, -0.25) is 4.98 Å². The fourth-order valence-electron chi connectivity index (χ4n) is 1.43. The minimum absolute atomic E-state index is 0.0297. The number of rotatable bonds is 3. The molecule has 0 spiro atoms. The van der Waals surface area contributed by atoms with Crippen LogP contribution in [0.15, 0.2) is 36.7 Å². The van der Waals surface area contributed by atoms with E-state index in [4.69, 9.17) is 10.5 Å². The summed E-state index contributed by atoms with van der Waals surface area (Å²) < 4.78 is 31.3. The van der Waals surface area contributed by atoms with E-state index in [1.807, 2.05) is 0 Å². The van der Waals surface area contributed by atoms with Gasteiger partial charge in [0.2, 0.25) is 0 Å². The van der Waals surface area contributed by atoms with E-state index >= 15 is 0 Å². The van der Waals surface area contributed by atoms with Crippen LogP contribution in [0.2, 0.25) is 0 Å². The highest BCUT2D eigenvalue weighted by atomic mass is 19.1. The first-order valence-corrected chi connectivity index (χ1v) is 5.38.